The van der Waals surface area contributed by atoms with Crippen molar-refractivity contribution in [3.63, 3.8) is 0 Å². The van der Waals surface area contributed by atoms with Crippen molar-refractivity contribution in [2.45, 2.75) is 341 Å². The summed E-state index contributed by atoms with van der Waals surface area (Å²) in [4.78, 5) is 72.8. The highest BCUT2D eigenvalue weighted by Gasteiger charge is 2.30. The van der Waals surface area contributed by atoms with Gasteiger partial charge in [-0.2, -0.15) is 0 Å². The average Bonchev–Trinajstić information content (AvgIpc) is 0.980. The van der Waals surface area contributed by atoms with Crippen molar-refractivity contribution < 1.29 is 80.2 Å². The van der Waals surface area contributed by atoms with Crippen molar-refractivity contribution in [1.29, 1.82) is 0 Å². The number of unbranched alkanes of at least 4 members (excludes halogenated alkanes) is 30. The Hall–Kier alpha value is -4.02. The topological polar surface area (TPSA) is 237 Å². The van der Waals surface area contributed by atoms with Gasteiger partial charge in [0.15, 0.2) is 12.2 Å². The van der Waals surface area contributed by atoms with Gasteiger partial charge in [0, 0.05) is 25.7 Å². The minimum Gasteiger partial charge on any atom is -0.462 e. The third-order valence-electron chi connectivity index (χ3n) is 16.0. The zero-order chi connectivity index (χ0) is 71.8. The van der Waals surface area contributed by atoms with Gasteiger partial charge in [0.1, 0.15) is 19.3 Å². The van der Waals surface area contributed by atoms with Crippen LogP contribution in [0.15, 0.2) is 97.2 Å². The van der Waals surface area contributed by atoms with E-state index in [1.54, 1.807) is 0 Å². The summed E-state index contributed by atoms with van der Waals surface area (Å²) < 4.78 is 68.4. The summed E-state index contributed by atoms with van der Waals surface area (Å²) in [6.45, 7) is 4.61. The van der Waals surface area contributed by atoms with Crippen LogP contribution in [0.25, 0.3) is 0 Å². The zero-order valence-corrected chi connectivity index (χ0v) is 63.5. The van der Waals surface area contributed by atoms with E-state index in [-0.39, 0.29) is 25.7 Å². The molecule has 0 aliphatic heterocycles. The number of phosphoric ester groups is 2. The van der Waals surface area contributed by atoms with Gasteiger partial charge in [-0.3, -0.25) is 37.3 Å². The number of carbonyl (C=O) groups excluding carboxylic acids is 4. The van der Waals surface area contributed by atoms with Crippen LogP contribution in [0.1, 0.15) is 323 Å². The predicted molar refractivity (Wildman–Crippen MR) is 399 cm³/mol. The van der Waals surface area contributed by atoms with Crippen LogP contribution in [0.3, 0.4) is 0 Å². The first-order valence-electron chi connectivity index (χ1n) is 38.5. The largest absolute Gasteiger partial charge is 0.472 e. The van der Waals surface area contributed by atoms with E-state index in [0.717, 1.165) is 180 Å². The molecule has 0 saturated heterocycles. The molecule has 0 radical (unpaired) electrons. The fraction of sp³-hybridized carbons (Fsp3) is 0.747. The lowest BCUT2D eigenvalue weighted by molar-refractivity contribution is -0.161. The number of carbonyl (C=O) groups is 4. The van der Waals surface area contributed by atoms with Gasteiger partial charge in [0.2, 0.25) is 0 Å². The molecule has 5 unspecified atom stereocenters. The van der Waals surface area contributed by atoms with E-state index < -0.39 is 97.5 Å². The van der Waals surface area contributed by atoms with Crippen LogP contribution in [-0.4, -0.2) is 96.7 Å². The molecule has 0 saturated carbocycles. The predicted octanol–water partition coefficient (Wildman–Crippen LogP) is 22.0. The van der Waals surface area contributed by atoms with E-state index in [0.29, 0.717) is 25.7 Å². The first-order valence-corrected chi connectivity index (χ1v) is 41.5. The standard InChI is InChI=1S/C79H138O17P2/c1-5-9-13-17-21-25-29-32-34-36-38-41-45-48-52-56-60-64-77(82)90-70-75(96-79(84)66-62-58-54-50-46-42-39-37-35-33-30-26-22-18-14-10-6-2)72-94-98(87,88)92-68-73(80)67-91-97(85,86)93-71-74(95-78(83)65-61-57-53-49-43-28-24-20-16-12-8-4)69-89-76(81)63-59-55-51-47-44-40-31-27-23-19-15-11-7-3/h9-10,13-14,21-22,25-27,31-35,38,41,73-75,80H,5-8,11-12,15-20,23-24,28-30,36-37,39-40,42-72H2,1-4H3,(H,85,86)(H,87,88)/b13-9-,14-10-,25-21-,26-22-,31-27-,34-32-,35-33-,41-38-. The lowest BCUT2D eigenvalue weighted by Gasteiger charge is -2.21. The molecule has 0 fully saturated rings. The van der Waals surface area contributed by atoms with Crippen LogP contribution in [-0.2, 0) is 65.4 Å². The summed E-state index contributed by atoms with van der Waals surface area (Å²) >= 11 is 0. The maximum absolute atomic E-state index is 13.1. The number of hydrogen-bond donors (Lipinski definition) is 3. The lowest BCUT2D eigenvalue weighted by atomic mass is 10.1. The fourth-order valence-electron chi connectivity index (χ4n) is 10.2. The van der Waals surface area contributed by atoms with Crippen molar-refractivity contribution in [2.24, 2.45) is 0 Å². The number of rotatable bonds is 72. The van der Waals surface area contributed by atoms with Gasteiger partial charge >= 0.3 is 39.5 Å². The maximum atomic E-state index is 13.1. The SMILES string of the molecule is CC/C=C\C/C=C\C/C=C\C/C=C\CCCCCCC(=O)OCC(COP(=O)(O)OCC(O)COP(=O)(O)OCC(COC(=O)CCCCCCC/C=C\CCCCCC)OC(=O)CCCCCCCCCCCCC)OC(=O)CCCCCCCCC/C=C\C/C=C\C/C=C\CC. The summed E-state index contributed by atoms with van der Waals surface area (Å²) in [7, 11) is -9.95. The van der Waals surface area contributed by atoms with E-state index in [1.165, 1.54) is 64.2 Å². The zero-order valence-electron chi connectivity index (χ0n) is 61.7. The molecule has 0 rings (SSSR count). The number of allylic oxidation sites excluding steroid dienone is 16. The molecular weight excluding hydrogens is 1280 g/mol. The molecule has 3 N–H and O–H groups in total. The third-order valence-corrected chi connectivity index (χ3v) is 17.9. The monoisotopic (exact) mass is 1420 g/mol. The average molecular weight is 1420 g/mol. The molecule has 0 aliphatic carbocycles. The molecule has 0 heterocycles. The van der Waals surface area contributed by atoms with Crippen molar-refractivity contribution >= 4 is 39.5 Å². The number of aliphatic hydroxyl groups is 1. The van der Waals surface area contributed by atoms with Gasteiger partial charge in [-0.15, -0.1) is 0 Å². The van der Waals surface area contributed by atoms with E-state index >= 15 is 0 Å². The summed E-state index contributed by atoms with van der Waals surface area (Å²) in [5.41, 5.74) is 0. The van der Waals surface area contributed by atoms with Crippen molar-refractivity contribution in [3.05, 3.63) is 97.2 Å². The van der Waals surface area contributed by atoms with Crippen LogP contribution in [0, 0.1) is 0 Å². The van der Waals surface area contributed by atoms with Crippen LogP contribution < -0.4 is 0 Å². The number of esters is 4. The second-order valence-electron chi connectivity index (χ2n) is 25.5. The molecule has 0 spiro atoms. The Morgan fingerprint density at radius 2 is 0.531 bits per heavy atom. The summed E-state index contributed by atoms with van der Waals surface area (Å²) in [6.07, 6.45) is 73.9. The molecule has 0 aromatic rings. The lowest BCUT2D eigenvalue weighted by Crippen LogP contribution is -2.30. The Morgan fingerprint density at radius 3 is 0.837 bits per heavy atom. The smallest absolute Gasteiger partial charge is 0.462 e. The number of aliphatic hydroxyl groups excluding tert-OH is 1. The highest BCUT2D eigenvalue weighted by molar-refractivity contribution is 7.47. The minimum atomic E-state index is -4.98. The van der Waals surface area contributed by atoms with Crippen molar-refractivity contribution in [2.75, 3.05) is 39.6 Å². The molecule has 0 aromatic carbocycles. The van der Waals surface area contributed by atoms with Crippen LogP contribution in [0.2, 0.25) is 0 Å². The van der Waals surface area contributed by atoms with E-state index in [2.05, 4.69) is 125 Å². The van der Waals surface area contributed by atoms with E-state index in [4.69, 9.17) is 37.0 Å². The molecule has 0 amide bonds. The summed E-state index contributed by atoms with van der Waals surface area (Å²) in [5, 5.41) is 10.6. The number of hydrogen-bond acceptors (Lipinski definition) is 15. The molecule has 19 heteroatoms. The Kier molecular flexibility index (Phi) is 68.4. The molecule has 566 valence electrons. The molecular formula is C79H138O17P2. The second kappa shape index (κ2) is 71.4. The molecule has 0 aromatic heterocycles. The molecule has 17 nitrogen and oxygen atoms in total. The third kappa shape index (κ3) is 70.4. The molecule has 0 aliphatic rings. The van der Waals surface area contributed by atoms with Gasteiger partial charge in [0.25, 0.3) is 0 Å². The van der Waals surface area contributed by atoms with Gasteiger partial charge in [-0.05, 0) is 122 Å². The highest BCUT2D eigenvalue weighted by Crippen LogP contribution is 2.45. The van der Waals surface area contributed by atoms with Crippen molar-refractivity contribution in [1.82, 2.24) is 0 Å². The van der Waals surface area contributed by atoms with Gasteiger partial charge < -0.3 is 33.8 Å². The van der Waals surface area contributed by atoms with Crippen LogP contribution in [0.4, 0.5) is 0 Å². The van der Waals surface area contributed by atoms with Gasteiger partial charge in [-0.25, -0.2) is 9.13 Å². The highest BCUT2D eigenvalue weighted by atomic mass is 31.2. The summed E-state index contributed by atoms with van der Waals surface area (Å²) in [5.74, 6) is -2.21. The second-order valence-corrected chi connectivity index (χ2v) is 28.4. The van der Waals surface area contributed by atoms with Gasteiger partial charge in [-0.1, -0.05) is 273 Å². The summed E-state index contributed by atoms with van der Waals surface area (Å²) in [6, 6.07) is 0. The Balaban J connectivity index is 5.35. The molecule has 0 bridgehead atoms. The first-order chi connectivity index (χ1) is 47.7. The Morgan fingerprint density at radius 1 is 0.296 bits per heavy atom. The number of ether oxygens (including phenoxy) is 4. The maximum Gasteiger partial charge on any atom is 0.472 e. The normalized spacial score (nSPS) is 14.5. The fourth-order valence-corrected chi connectivity index (χ4v) is 11.8. The van der Waals surface area contributed by atoms with Crippen LogP contribution >= 0.6 is 15.6 Å². The van der Waals surface area contributed by atoms with Gasteiger partial charge in [0.05, 0.1) is 26.4 Å². The molecule has 98 heavy (non-hydrogen) atoms. The Bertz CT molecular complexity index is 2240. The number of phosphoric acid groups is 2. The van der Waals surface area contributed by atoms with E-state index in [9.17, 15) is 43.2 Å². The molecule has 5 atom stereocenters. The quantitative estimate of drug-likeness (QED) is 0.0169. The van der Waals surface area contributed by atoms with Crippen LogP contribution in [0.5, 0.6) is 0 Å². The first kappa shape index (κ1) is 94.0. The van der Waals surface area contributed by atoms with Crippen molar-refractivity contribution in [3.8, 4) is 0 Å². The van der Waals surface area contributed by atoms with E-state index in [1.807, 2.05) is 0 Å². The Labute approximate surface area is 595 Å². The minimum absolute atomic E-state index is 0.0777.